The fourth-order valence-electron chi connectivity index (χ4n) is 4.01. The minimum absolute atomic E-state index is 0.171. The molecule has 1 amide bonds. The molecule has 5 nitrogen and oxygen atoms in total. The monoisotopic (exact) mass is 418 g/mol. The summed E-state index contributed by atoms with van der Waals surface area (Å²) in [5.41, 5.74) is 3.28. The Hall–Kier alpha value is -2.25. The van der Waals surface area contributed by atoms with Crippen LogP contribution in [0.2, 0.25) is 0 Å². The SMILES string of the molecule is Cc1cc(C)c(S(=O)(=O)N2CCC[C@H](C(=O)NCc3ccc(F)cc3)C2)c(C)c1. The highest BCUT2D eigenvalue weighted by Gasteiger charge is 2.34. The zero-order chi connectivity index (χ0) is 21.2. The van der Waals surface area contributed by atoms with Gasteiger partial charge in [0.25, 0.3) is 0 Å². The van der Waals surface area contributed by atoms with E-state index >= 15 is 0 Å². The summed E-state index contributed by atoms with van der Waals surface area (Å²) in [5.74, 6) is -0.897. The predicted molar refractivity (Wildman–Crippen MR) is 110 cm³/mol. The Kier molecular flexibility index (Phi) is 6.39. The van der Waals surface area contributed by atoms with E-state index in [9.17, 15) is 17.6 Å². The number of sulfonamides is 1. The molecule has 1 aliphatic heterocycles. The molecule has 1 N–H and O–H groups in total. The van der Waals surface area contributed by atoms with Crippen molar-refractivity contribution in [1.29, 1.82) is 0 Å². The molecule has 156 valence electrons. The number of aryl methyl sites for hydroxylation is 3. The molecule has 0 aliphatic carbocycles. The van der Waals surface area contributed by atoms with Gasteiger partial charge >= 0.3 is 0 Å². The first-order valence-corrected chi connectivity index (χ1v) is 11.2. The second-order valence-electron chi connectivity index (χ2n) is 7.77. The smallest absolute Gasteiger partial charge is 0.243 e. The third kappa shape index (κ3) is 4.85. The fourth-order valence-corrected chi connectivity index (χ4v) is 5.95. The molecule has 29 heavy (non-hydrogen) atoms. The van der Waals surface area contributed by atoms with Gasteiger partial charge in [0, 0.05) is 19.6 Å². The van der Waals surface area contributed by atoms with Crippen molar-refractivity contribution < 1.29 is 17.6 Å². The van der Waals surface area contributed by atoms with E-state index in [1.54, 1.807) is 12.1 Å². The first kappa shape index (κ1) is 21.5. The molecule has 0 bridgehead atoms. The van der Waals surface area contributed by atoms with Gasteiger partial charge in [-0.3, -0.25) is 4.79 Å². The number of nitrogens with one attached hydrogen (secondary N) is 1. The van der Waals surface area contributed by atoms with Gasteiger partial charge in [-0.25, -0.2) is 12.8 Å². The number of amides is 1. The highest BCUT2D eigenvalue weighted by molar-refractivity contribution is 7.89. The average Bonchev–Trinajstić information content (AvgIpc) is 2.66. The Morgan fingerprint density at radius 2 is 1.76 bits per heavy atom. The Bertz CT molecular complexity index is 980. The maximum atomic E-state index is 13.3. The van der Waals surface area contributed by atoms with Crippen LogP contribution in [0.1, 0.15) is 35.1 Å². The van der Waals surface area contributed by atoms with Crippen molar-refractivity contribution in [3.8, 4) is 0 Å². The van der Waals surface area contributed by atoms with E-state index in [0.717, 1.165) is 22.3 Å². The van der Waals surface area contributed by atoms with Gasteiger partial charge in [0.2, 0.25) is 15.9 Å². The predicted octanol–water partition coefficient (Wildman–Crippen LogP) is 3.47. The number of carbonyl (C=O) groups is 1. The van der Waals surface area contributed by atoms with Gasteiger partial charge in [0.05, 0.1) is 10.8 Å². The lowest BCUT2D eigenvalue weighted by Gasteiger charge is -2.32. The maximum Gasteiger partial charge on any atom is 0.243 e. The maximum absolute atomic E-state index is 13.3. The zero-order valence-corrected chi connectivity index (χ0v) is 17.9. The molecule has 0 unspecified atom stereocenters. The molecular formula is C22H27FN2O3S. The van der Waals surface area contributed by atoms with Crippen LogP contribution in [0.15, 0.2) is 41.3 Å². The molecule has 0 aromatic heterocycles. The normalized spacial score (nSPS) is 17.9. The van der Waals surface area contributed by atoms with Crippen LogP contribution in [0, 0.1) is 32.5 Å². The van der Waals surface area contributed by atoms with Crippen molar-refractivity contribution in [3.05, 3.63) is 64.5 Å². The van der Waals surface area contributed by atoms with E-state index in [-0.39, 0.29) is 18.3 Å². The Labute approximate surface area is 172 Å². The number of rotatable bonds is 5. The van der Waals surface area contributed by atoms with Gasteiger partial charge in [-0.1, -0.05) is 29.8 Å². The van der Waals surface area contributed by atoms with E-state index in [4.69, 9.17) is 0 Å². The molecule has 0 spiro atoms. The summed E-state index contributed by atoms with van der Waals surface area (Å²) in [6.07, 6.45) is 1.28. The molecule has 1 saturated heterocycles. The number of carbonyl (C=O) groups excluding carboxylic acids is 1. The molecule has 7 heteroatoms. The summed E-state index contributed by atoms with van der Waals surface area (Å²) in [6.45, 7) is 6.44. The number of piperidine rings is 1. The summed E-state index contributed by atoms with van der Waals surface area (Å²) in [6, 6.07) is 9.69. The lowest BCUT2D eigenvalue weighted by atomic mass is 9.99. The second kappa shape index (κ2) is 8.63. The first-order valence-electron chi connectivity index (χ1n) is 9.78. The van der Waals surface area contributed by atoms with Crippen molar-refractivity contribution in [2.45, 2.75) is 45.1 Å². The molecule has 2 aromatic rings. The van der Waals surface area contributed by atoms with Crippen LogP contribution in [-0.4, -0.2) is 31.7 Å². The quantitative estimate of drug-likeness (QED) is 0.809. The van der Waals surface area contributed by atoms with Crippen molar-refractivity contribution in [2.24, 2.45) is 5.92 Å². The van der Waals surface area contributed by atoms with Gasteiger partial charge in [-0.15, -0.1) is 0 Å². The summed E-state index contributed by atoms with van der Waals surface area (Å²) in [7, 11) is -3.67. The number of nitrogens with zero attached hydrogens (tertiary/aromatic N) is 1. The van der Waals surface area contributed by atoms with Crippen LogP contribution < -0.4 is 5.32 Å². The van der Waals surface area contributed by atoms with Crippen LogP contribution in [0.4, 0.5) is 4.39 Å². The van der Waals surface area contributed by atoms with E-state index in [1.807, 2.05) is 32.9 Å². The van der Waals surface area contributed by atoms with Crippen molar-refractivity contribution in [1.82, 2.24) is 9.62 Å². The fraction of sp³-hybridized carbons (Fsp3) is 0.409. The first-order chi connectivity index (χ1) is 13.7. The van der Waals surface area contributed by atoms with Crippen molar-refractivity contribution in [2.75, 3.05) is 13.1 Å². The molecule has 1 aliphatic rings. The van der Waals surface area contributed by atoms with Crippen LogP contribution in [0.3, 0.4) is 0 Å². The lowest BCUT2D eigenvalue weighted by Crippen LogP contribution is -2.45. The standard InChI is InChI=1S/C22H27FN2O3S/c1-15-11-16(2)21(17(3)12-15)29(27,28)25-10-4-5-19(14-25)22(26)24-13-18-6-8-20(23)9-7-18/h6-9,11-12,19H,4-5,10,13-14H2,1-3H3,(H,24,26)/t19-/m0/s1. The van der Waals surface area contributed by atoms with Gasteiger partial charge in [0.1, 0.15) is 5.82 Å². The van der Waals surface area contributed by atoms with Crippen molar-refractivity contribution >= 4 is 15.9 Å². The number of halogens is 1. The minimum Gasteiger partial charge on any atom is -0.352 e. The summed E-state index contributed by atoms with van der Waals surface area (Å²) in [5, 5.41) is 2.85. The summed E-state index contributed by atoms with van der Waals surface area (Å²) in [4.78, 5) is 13.0. The van der Waals surface area contributed by atoms with Gasteiger partial charge < -0.3 is 5.32 Å². The Morgan fingerprint density at radius 3 is 2.38 bits per heavy atom. The Morgan fingerprint density at radius 1 is 1.14 bits per heavy atom. The highest BCUT2D eigenvalue weighted by Crippen LogP contribution is 2.29. The molecule has 0 radical (unpaired) electrons. The van der Waals surface area contributed by atoms with E-state index in [1.165, 1.54) is 16.4 Å². The van der Waals surface area contributed by atoms with E-state index < -0.39 is 15.9 Å². The number of hydrogen-bond acceptors (Lipinski definition) is 3. The average molecular weight is 419 g/mol. The van der Waals surface area contributed by atoms with Crippen LogP contribution >= 0.6 is 0 Å². The largest absolute Gasteiger partial charge is 0.352 e. The third-order valence-corrected chi connectivity index (χ3v) is 7.51. The lowest BCUT2D eigenvalue weighted by molar-refractivity contribution is -0.126. The number of hydrogen-bond donors (Lipinski definition) is 1. The molecule has 1 atom stereocenters. The molecule has 3 rings (SSSR count). The minimum atomic E-state index is -3.67. The van der Waals surface area contributed by atoms with Crippen molar-refractivity contribution in [3.63, 3.8) is 0 Å². The van der Waals surface area contributed by atoms with Crippen LogP contribution in [0.25, 0.3) is 0 Å². The molecule has 0 saturated carbocycles. The molecule has 2 aromatic carbocycles. The van der Waals surface area contributed by atoms with E-state index in [0.29, 0.717) is 30.8 Å². The Balaban J connectivity index is 1.71. The summed E-state index contributed by atoms with van der Waals surface area (Å²) < 4.78 is 41.0. The highest BCUT2D eigenvalue weighted by atomic mass is 32.2. The summed E-state index contributed by atoms with van der Waals surface area (Å²) >= 11 is 0. The molecule has 1 heterocycles. The molecule has 1 fully saturated rings. The molecular weight excluding hydrogens is 391 g/mol. The second-order valence-corrected chi connectivity index (χ2v) is 9.65. The van der Waals surface area contributed by atoms with E-state index in [2.05, 4.69) is 5.32 Å². The zero-order valence-electron chi connectivity index (χ0n) is 17.0. The number of benzene rings is 2. The third-order valence-electron chi connectivity index (χ3n) is 5.34. The van der Waals surface area contributed by atoms with Crippen LogP contribution in [0.5, 0.6) is 0 Å². The van der Waals surface area contributed by atoms with Gasteiger partial charge in [-0.2, -0.15) is 4.31 Å². The van der Waals surface area contributed by atoms with Gasteiger partial charge in [-0.05, 0) is 62.4 Å². The van der Waals surface area contributed by atoms with Gasteiger partial charge in [0.15, 0.2) is 0 Å². The van der Waals surface area contributed by atoms with Crippen LogP contribution in [-0.2, 0) is 21.4 Å². The topological polar surface area (TPSA) is 66.5 Å².